The molecule has 6 heteroatoms. The molecule has 1 fully saturated rings. The first-order valence-corrected chi connectivity index (χ1v) is 13.2. The van der Waals surface area contributed by atoms with Crippen molar-refractivity contribution in [3.63, 3.8) is 0 Å². The third kappa shape index (κ3) is 7.66. The van der Waals surface area contributed by atoms with Gasteiger partial charge in [0, 0.05) is 56.4 Å². The fourth-order valence-corrected chi connectivity index (χ4v) is 4.86. The quantitative estimate of drug-likeness (QED) is 0.609. The van der Waals surface area contributed by atoms with Crippen LogP contribution < -0.4 is 5.32 Å². The molecule has 0 radical (unpaired) electrons. The predicted molar refractivity (Wildman–Crippen MR) is 151 cm³/mol. The first-order valence-electron chi connectivity index (χ1n) is 13.2. The molecule has 0 unspecified atom stereocenters. The molecule has 1 aromatic rings. The van der Waals surface area contributed by atoms with Gasteiger partial charge >= 0.3 is 0 Å². The minimum Gasteiger partial charge on any atom is -0.368 e. The molecule has 2 aliphatic heterocycles. The van der Waals surface area contributed by atoms with Gasteiger partial charge in [-0.2, -0.15) is 0 Å². The van der Waals surface area contributed by atoms with Gasteiger partial charge in [0.15, 0.2) is 0 Å². The van der Waals surface area contributed by atoms with Gasteiger partial charge in [-0.1, -0.05) is 35.9 Å². The SMILES string of the molecule is CC(=O)N1CCN(C2=CC=C(NC(=O)Cc3ccc(C4=CC=NC(C)=CCC4)cc3)CCC(C)=C2)CC1. The number of allylic oxidation sites excluding steroid dienone is 9. The number of hydrogen-bond donors (Lipinski definition) is 1. The number of hydrogen-bond acceptors (Lipinski definition) is 4. The van der Waals surface area contributed by atoms with Gasteiger partial charge in [0.2, 0.25) is 11.8 Å². The molecule has 1 N–H and O–H groups in total. The van der Waals surface area contributed by atoms with Crippen LogP contribution in [0.1, 0.15) is 57.6 Å². The minimum absolute atomic E-state index is 0.00384. The Balaban J connectivity index is 1.36. The van der Waals surface area contributed by atoms with E-state index < -0.39 is 0 Å². The highest BCUT2D eigenvalue weighted by molar-refractivity contribution is 5.85. The van der Waals surface area contributed by atoms with E-state index in [1.807, 2.05) is 36.2 Å². The van der Waals surface area contributed by atoms with E-state index in [0.717, 1.165) is 74.5 Å². The van der Waals surface area contributed by atoms with Gasteiger partial charge in [0.1, 0.15) is 0 Å². The Bertz CT molecular complexity index is 1190. The molecule has 0 aromatic heterocycles. The Kier molecular flexibility index (Phi) is 8.94. The van der Waals surface area contributed by atoms with Crippen molar-refractivity contribution in [1.29, 1.82) is 0 Å². The molecule has 0 spiro atoms. The number of benzene rings is 1. The monoisotopic (exact) mass is 498 g/mol. The summed E-state index contributed by atoms with van der Waals surface area (Å²) in [5.41, 5.74) is 7.86. The molecule has 4 rings (SSSR count). The third-order valence-electron chi connectivity index (χ3n) is 7.13. The van der Waals surface area contributed by atoms with E-state index in [0.29, 0.717) is 6.42 Å². The second kappa shape index (κ2) is 12.5. The maximum Gasteiger partial charge on any atom is 0.228 e. The molecule has 1 aromatic carbocycles. The lowest BCUT2D eigenvalue weighted by Gasteiger charge is -2.36. The number of aliphatic imine (C=N–C) groups is 1. The summed E-state index contributed by atoms with van der Waals surface area (Å²) >= 11 is 0. The smallest absolute Gasteiger partial charge is 0.228 e. The van der Waals surface area contributed by atoms with Gasteiger partial charge in [0.25, 0.3) is 0 Å². The van der Waals surface area contributed by atoms with Crippen LogP contribution in [-0.2, 0) is 16.0 Å². The van der Waals surface area contributed by atoms with Crippen LogP contribution in [0.4, 0.5) is 0 Å². The molecule has 6 nitrogen and oxygen atoms in total. The van der Waals surface area contributed by atoms with E-state index in [1.54, 1.807) is 6.92 Å². The van der Waals surface area contributed by atoms with Crippen LogP contribution in [-0.4, -0.2) is 54.0 Å². The summed E-state index contributed by atoms with van der Waals surface area (Å²) in [6.07, 6.45) is 16.5. The van der Waals surface area contributed by atoms with Crippen molar-refractivity contribution in [3.8, 4) is 0 Å². The topological polar surface area (TPSA) is 65.0 Å². The highest BCUT2D eigenvalue weighted by Crippen LogP contribution is 2.23. The van der Waals surface area contributed by atoms with E-state index in [2.05, 4.69) is 58.6 Å². The van der Waals surface area contributed by atoms with Crippen molar-refractivity contribution in [2.75, 3.05) is 26.2 Å². The van der Waals surface area contributed by atoms with Crippen LogP contribution in [0.3, 0.4) is 0 Å². The number of piperazine rings is 1. The van der Waals surface area contributed by atoms with Gasteiger partial charge in [-0.3, -0.25) is 14.6 Å². The molecule has 2 amide bonds. The number of carbonyl (C=O) groups excluding carboxylic acids is 2. The zero-order valence-electron chi connectivity index (χ0n) is 22.3. The molecule has 37 heavy (non-hydrogen) atoms. The fraction of sp³-hybridized carbons (Fsp3) is 0.387. The minimum atomic E-state index is 0.00384. The van der Waals surface area contributed by atoms with Crippen LogP contribution >= 0.6 is 0 Å². The van der Waals surface area contributed by atoms with E-state index in [1.165, 1.54) is 16.7 Å². The maximum atomic E-state index is 12.9. The third-order valence-corrected chi connectivity index (χ3v) is 7.13. The summed E-state index contributed by atoms with van der Waals surface area (Å²) in [7, 11) is 0. The second-order valence-corrected chi connectivity index (χ2v) is 10.0. The summed E-state index contributed by atoms with van der Waals surface area (Å²) in [5, 5.41) is 3.14. The molecule has 1 saturated heterocycles. The zero-order chi connectivity index (χ0) is 26.2. The lowest BCUT2D eigenvalue weighted by Crippen LogP contribution is -2.47. The summed E-state index contributed by atoms with van der Waals surface area (Å²) in [6, 6.07) is 8.30. The Morgan fingerprint density at radius 2 is 1.70 bits per heavy atom. The number of carbonyl (C=O) groups is 2. The Labute approximate surface area is 220 Å². The number of rotatable bonds is 5. The highest BCUT2D eigenvalue weighted by Gasteiger charge is 2.20. The Morgan fingerprint density at radius 3 is 2.43 bits per heavy atom. The van der Waals surface area contributed by atoms with Gasteiger partial charge in [-0.25, -0.2) is 0 Å². The van der Waals surface area contributed by atoms with Crippen LogP contribution in [0.15, 0.2) is 82.3 Å². The molecule has 0 saturated carbocycles. The van der Waals surface area contributed by atoms with E-state index in [-0.39, 0.29) is 11.8 Å². The molecular weight excluding hydrogens is 460 g/mol. The van der Waals surface area contributed by atoms with Crippen molar-refractivity contribution in [2.45, 2.75) is 52.9 Å². The normalized spacial score (nSPS) is 18.7. The average molecular weight is 499 g/mol. The summed E-state index contributed by atoms with van der Waals surface area (Å²) in [4.78, 5) is 33.2. The van der Waals surface area contributed by atoms with E-state index in [9.17, 15) is 9.59 Å². The molecule has 1 aliphatic carbocycles. The second-order valence-electron chi connectivity index (χ2n) is 10.0. The lowest BCUT2D eigenvalue weighted by atomic mass is 9.98. The number of nitrogens with zero attached hydrogens (tertiary/aromatic N) is 3. The largest absolute Gasteiger partial charge is 0.368 e. The highest BCUT2D eigenvalue weighted by atomic mass is 16.2. The summed E-state index contributed by atoms with van der Waals surface area (Å²) in [6.45, 7) is 8.92. The van der Waals surface area contributed by atoms with Crippen molar-refractivity contribution >= 4 is 23.6 Å². The van der Waals surface area contributed by atoms with Crippen LogP contribution in [0, 0.1) is 0 Å². The predicted octanol–water partition coefficient (Wildman–Crippen LogP) is 5.17. The van der Waals surface area contributed by atoms with E-state index >= 15 is 0 Å². The van der Waals surface area contributed by atoms with Gasteiger partial charge in [0.05, 0.1) is 6.42 Å². The van der Waals surface area contributed by atoms with Gasteiger partial charge in [-0.05, 0) is 80.5 Å². The first-order chi connectivity index (χ1) is 17.9. The van der Waals surface area contributed by atoms with Gasteiger partial charge < -0.3 is 15.1 Å². The van der Waals surface area contributed by atoms with E-state index in [4.69, 9.17) is 0 Å². The average Bonchev–Trinajstić information content (AvgIpc) is 2.86. The molecule has 2 heterocycles. The summed E-state index contributed by atoms with van der Waals surface area (Å²) in [5.74, 6) is 0.139. The summed E-state index contributed by atoms with van der Waals surface area (Å²) < 4.78 is 0. The first kappa shape index (κ1) is 26.4. The molecule has 0 atom stereocenters. The number of nitrogens with one attached hydrogen (secondary N) is 1. The van der Waals surface area contributed by atoms with Crippen molar-refractivity contribution in [2.24, 2.45) is 4.99 Å². The molecule has 0 bridgehead atoms. The Morgan fingerprint density at radius 1 is 0.946 bits per heavy atom. The van der Waals surface area contributed by atoms with Crippen LogP contribution in [0.25, 0.3) is 5.57 Å². The maximum absolute atomic E-state index is 12.9. The standard InChI is InChI=1S/C31H38N4O2/c1-23-7-12-29(13-14-30(21-23)35-19-17-34(18-20-35)25(3)36)33-31(37)22-26-8-10-28(11-9-26)27-6-4-5-24(2)32-16-15-27/h5,8-11,13-16,21H,4,6-7,12,17-20,22H2,1-3H3,(H,33,37). The zero-order valence-corrected chi connectivity index (χ0v) is 22.3. The lowest BCUT2D eigenvalue weighted by molar-refractivity contribution is -0.130. The van der Waals surface area contributed by atoms with Crippen LogP contribution in [0.2, 0.25) is 0 Å². The Hall–Kier alpha value is -3.67. The fourth-order valence-electron chi connectivity index (χ4n) is 4.86. The van der Waals surface area contributed by atoms with Gasteiger partial charge in [-0.15, -0.1) is 0 Å². The van der Waals surface area contributed by atoms with Crippen LogP contribution in [0.5, 0.6) is 0 Å². The van der Waals surface area contributed by atoms with Crippen molar-refractivity contribution < 1.29 is 9.59 Å². The number of amides is 2. The van der Waals surface area contributed by atoms with Crippen molar-refractivity contribution in [1.82, 2.24) is 15.1 Å². The molecule has 3 aliphatic rings. The van der Waals surface area contributed by atoms with Crippen molar-refractivity contribution in [3.05, 3.63) is 88.4 Å². The molecular formula is C31H38N4O2. The molecule has 194 valence electrons.